The van der Waals surface area contributed by atoms with Crippen molar-refractivity contribution in [1.29, 1.82) is 0 Å². The molecule has 3 aliphatic heterocycles. The Balaban J connectivity index is 1.25. The van der Waals surface area contributed by atoms with E-state index in [0.717, 1.165) is 26.1 Å². The van der Waals surface area contributed by atoms with E-state index >= 15 is 0 Å². The second-order valence-corrected chi connectivity index (χ2v) is 8.23. The van der Waals surface area contributed by atoms with Crippen LogP contribution in [-0.2, 0) is 18.9 Å². The number of hydrogen-bond donors (Lipinski definition) is 0. The van der Waals surface area contributed by atoms with Gasteiger partial charge in [-0.2, -0.15) is 0 Å². The van der Waals surface area contributed by atoms with E-state index in [0.29, 0.717) is 42.2 Å². The van der Waals surface area contributed by atoms with Gasteiger partial charge in [-0.25, -0.2) is 0 Å². The largest absolute Gasteiger partial charge is 0.370 e. The minimum Gasteiger partial charge on any atom is -0.370 e. The molecule has 0 aromatic heterocycles. The van der Waals surface area contributed by atoms with Gasteiger partial charge >= 0.3 is 0 Å². The maximum Gasteiger partial charge on any atom is 0.160 e. The van der Waals surface area contributed by atoms with Gasteiger partial charge in [-0.3, -0.25) is 0 Å². The van der Waals surface area contributed by atoms with Crippen LogP contribution < -0.4 is 0 Å². The van der Waals surface area contributed by atoms with Gasteiger partial charge in [0.05, 0.1) is 37.6 Å². The van der Waals surface area contributed by atoms with Crippen LogP contribution in [0.15, 0.2) is 0 Å². The Morgan fingerprint density at radius 2 is 1.48 bits per heavy atom. The summed E-state index contributed by atoms with van der Waals surface area (Å²) in [6.07, 6.45) is 6.63. The van der Waals surface area contributed by atoms with Crippen molar-refractivity contribution in [2.45, 2.75) is 70.2 Å². The summed E-state index contributed by atoms with van der Waals surface area (Å²) in [7, 11) is 0. The van der Waals surface area contributed by atoms with Crippen LogP contribution in [0, 0.1) is 23.2 Å². The molecule has 118 valence electrons. The van der Waals surface area contributed by atoms with Crippen molar-refractivity contribution in [1.82, 2.24) is 0 Å². The monoisotopic (exact) mass is 294 g/mol. The zero-order chi connectivity index (χ0) is 14.2. The number of hydrogen-bond acceptors (Lipinski definition) is 4. The quantitative estimate of drug-likeness (QED) is 0.696. The third-order valence-electron chi connectivity index (χ3n) is 6.87. The Bertz CT molecular complexity index is 431. The van der Waals surface area contributed by atoms with Crippen molar-refractivity contribution in [3.05, 3.63) is 0 Å². The maximum absolute atomic E-state index is 6.25. The Labute approximate surface area is 126 Å². The van der Waals surface area contributed by atoms with E-state index in [2.05, 4.69) is 13.8 Å². The molecule has 0 radical (unpaired) electrons. The van der Waals surface area contributed by atoms with E-state index in [4.69, 9.17) is 18.9 Å². The lowest BCUT2D eigenvalue weighted by molar-refractivity contribution is -0.270. The Hall–Kier alpha value is -0.160. The van der Waals surface area contributed by atoms with E-state index in [-0.39, 0.29) is 11.7 Å². The van der Waals surface area contributed by atoms with Crippen LogP contribution in [0.25, 0.3) is 0 Å². The summed E-state index contributed by atoms with van der Waals surface area (Å²) in [5, 5.41) is 0. The highest BCUT2D eigenvalue weighted by atomic mass is 16.7. The van der Waals surface area contributed by atoms with Gasteiger partial charge in [0, 0.05) is 11.3 Å². The molecule has 0 amide bonds. The van der Waals surface area contributed by atoms with Crippen LogP contribution in [0.5, 0.6) is 0 Å². The lowest BCUT2D eigenvalue weighted by Crippen LogP contribution is -2.51. The van der Waals surface area contributed by atoms with Crippen molar-refractivity contribution in [3.8, 4) is 0 Å². The second kappa shape index (κ2) is 4.44. The zero-order valence-corrected chi connectivity index (χ0v) is 13.0. The highest BCUT2D eigenvalue weighted by Crippen LogP contribution is 2.53. The first-order chi connectivity index (χ1) is 10.1. The average molecular weight is 294 g/mol. The molecule has 0 aromatic rings. The standard InChI is InChI=1S/C17H26O4/c1-9-3-12-14(20-12)5-11(9)16-18-7-17(8-19-16)6-15-13(21-15)4-10(17)2/h9-16H,3-8H2,1-2H3. The van der Waals surface area contributed by atoms with Gasteiger partial charge in [0.15, 0.2) is 6.29 Å². The summed E-state index contributed by atoms with van der Waals surface area (Å²) < 4.78 is 23.9. The predicted molar refractivity (Wildman–Crippen MR) is 75.7 cm³/mol. The fourth-order valence-electron chi connectivity index (χ4n) is 5.02. The molecule has 21 heavy (non-hydrogen) atoms. The Kier molecular flexibility index (Phi) is 2.81. The summed E-state index contributed by atoms with van der Waals surface area (Å²) in [6.45, 7) is 6.37. The van der Waals surface area contributed by atoms with Gasteiger partial charge in [-0.1, -0.05) is 13.8 Å². The minimum atomic E-state index is -0.0131. The van der Waals surface area contributed by atoms with Crippen LogP contribution in [0.2, 0.25) is 0 Å². The fraction of sp³-hybridized carbons (Fsp3) is 1.00. The lowest BCUT2D eigenvalue weighted by atomic mass is 9.67. The van der Waals surface area contributed by atoms with Crippen molar-refractivity contribution in [2.75, 3.05) is 13.2 Å². The normalized spacial score (nSPS) is 62.0. The van der Waals surface area contributed by atoms with Gasteiger partial charge < -0.3 is 18.9 Å². The maximum atomic E-state index is 6.25. The third kappa shape index (κ3) is 2.10. The van der Waals surface area contributed by atoms with Crippen LogP contribution in [0.1, 0.15) is 39.5 Å². The summed E-state index contributed by atoms with van der Waals surface area (Å²) in [5.41, 5.74) is 0.199. The van der Waals surface area contributed by atoms with Gasteiger partial charge in [-0.15, -0.1) is 0 Å². The van der Waals surface area contributed by atoms with Crippen LogP contribution >= 0.6 is 0 Å². The summed E-state index contributed by atoms with van der Waals surface area (Å²) in [4.78, 5) is 0. The van der Waals surface area contributed by atoms with Crippen LogP contribution in [0.3, 0.4) is 0 Å². The molecule has 3 saturated heterocycles. The molecule has 0 bridgehead atoms. The van der Waals surface area contributed by atoms with Crippen molar-refractivity contribution in [3.63, 3.8) is 0 Å². The van der Waals surface area contributed by atoms with Crippen molar-refractivity contribution >= 4 is 0 Å². The molecule has 0 N–H and O–H groups in total. The molecule has 5 aliphatic rings. The van der Waals surface area contributed by atoms with Gasteiger partial charge in [0.25, 0.3) is 0 Å². The zero-order valence-electron chi connectivity index (χ0n) is 13.0. The highest BCUT2D eigenvalue weighted by Gasteiger charge is 2.57. The van der Waals surface area contributed by atoms with Crippen LogP contribution in [-0.4, -0.2) is 43.9 Å². The van der Waals surface area contributed by atoms with Gasteiger partial charge in [-0.05, 0) is 37.5 Å². The van der Waals surface area contributed by atoms with Crippen molar-refractivity contribution < 1.29 is 18.9 Å². The smallest absolute Gasteiger partial charge is 0.160 e. The van der Waals surface area contributed by atoms with Crippen LogP contribution in [0.4, 0.5) is 0 Å². The molecular weight excluding hydrogens is 268 g/mol. The molecule has 3 heterocycles. The molecular formula is C17H26O4. The number of fused-ring (bicyclic) bond motifs is 2. The fourth-order valence-corrected chi connectivity index (χ4v) is 5.02. The molecule has 7 unspecified atom stereocenters. The van der Waals surface area contributed by atoms with E-state index in [1.165, 1.54) is 12.8 Å². The Morgan fingerprint density at radius 1 is 0.810 bits per heavy atom. The predicted octanol–water partition coefficient (Wildman–Crippen LogP) is 2.36. The van der Waals surface area contributed by atoms with E-state index in [1.807, 2.05) is 0 Å². The summed E-state index contributed by atoms with van der Waals surface area (Å²) in [5.74, 6) is 1.80. The van der Waals surface area contributed by atoms with Crippen molar-refractivity contribution in [2.24, 2.45) is 23.2 Å². The number of ether oxygens (including phenoxy) is 4. The summed E-state index contributed by atoms with van der Waals surface area (Å²) >= 11 is 0. The topological polar surface area (TPSA) is 43.5 Å². The Morgan fingerprint density at radius 3 is 2.29 bits per heavy atom. The molecule has 2 saturated carbocycles. The average Bonchev–Trinajstić information content (AvgIpc) is 3.36. The third-order valence-corrected chi connectivity index (χ3v) is 6.87. The highest BCUT2D eigenvalue weighted by molar-refractivity contribution is 5.03. The van der Waals surface area contributed by atoms with Gasteiger partial charge in [0.1, 0.15) is 0 Å². The summed E-state index contributed by atoms with van der Waals surface area (Å²) in [6, 6.07) is 0. The van der Waals surface area contributed by atoms with E-state index < -0.39 is 0 Å². The van der Waals surface area contributed by atoms with E-state index in [1.54, 1.807) is 0 Å². The molecule has 2 aliphatic carbocycles. The molecule has 5 fully saturated rings. The number of epoxide rings is 2. The molecule has 0 aromatic carbocycles. The molecule has 1 spiro atoms. The minimum absolute atomic E-state index is 0.0131. The molecule has 7 atom stereocenters. The molecule has 4 nitrogen and oxygen atoms in total. The van der Waals surface area contributed by atoms with Gasteiger partial charge in [0.2, 0.25) is 0 Å². The first-order valence-corrected chi connectivity index (χ1v) is 8.69. The number of rotatable bonds is 1. The molecule has 5 rings (SSSR count). The first-order valence-electron chi connectivity index (χ1n) is 8.69. The SMILES string of the molecule is CC1CC2OC2CC1C1OCC2(CO1)CC1OC1CC2C. The molecule has 4 heteroatoms. The lowest BCUT2D eigenvalue weighted by Gasteiger charge is -2.47. The van der Waals surface area contributed by atoms with E-state index in [9.17, 15) is 0 Å². The first kappa shape index (κ1) is 13.3. The second-order valence-electron chi connectivity index (χ2n) is 8.23.